The van der Waals surface area contributed by atoms with Crippen molar-refractivity contribution in [3.8, 4) is 39.1 Å². The minimum atomic E-state index is -1.03. The molecule has 3 N–H and O–H groups in total. The van der Waals surface area contributed by atoms with Crippen LogP contribution in [0.15, 0.2) is 164 Å². The van der Waals surface area contributed by atoms with Crippen molar-refractivity contribution in [2.24, 2.45) is 5.92 Å². The van der Waals surface area contributed by atoms with Gasteiger partial charge in [-0.3, -0.25) is 4.79 Å². The average Bonchev–Trinajstić information content (AvgIpc) is 3.67. The van der Waals surface area contributed by atoms with Crippen molar-refractivity contribution in [3.05, 3.63) is 214 Å². The maximum atomic E-state index is 16.2. The number of aliphatic hydroxyl groups is 1. The van der Waals surface area contributed by atoms with Gasteiger partial charge in [0.2, 0.25) is 0 Å². The van der Waals surface area contributed by atoms with Gasteiger partial charge in [-0.05, 0) is 135 Å². The lowest BCUT2D eigenvalue weighted by Gasteiger charge is -2.38. The molecule has 0 aromatic heterocycles. The number of halogens is 2. The number of fused-ring (bicyclic) bond motifs is 8. The Morgan fingerprint density at radius 2 is 1.38 bits per heavy atom. The van der Waals surface area contributed by atoms with Crippen LogP contribution in [0.2, 0.25) is 0 Å². The number of ether oxygens (including phenoxy) is 1. The number of benzene rings is 8. The van der Waals surface area contributed by atoms with Crippen LogP contribution in [-0.2, 0) is 11.0 Å². The lowest BCUT2D eigenvalue weighted by molar-refractivity contribution is 0.102. The van der Waals surface area contributed by atoms with Gasteiger partial charge >= 0.3 is 0 Å². The molecule has 1 fully saturated rings. The lowest BCUT2D eigenvalue weighted by atomic mass is 9.76. The summed E-state index contributed by atoms with van der Waals surface area (Å²) in [5, 5.41) is 17.4. The fourth-order valence-electron chi connectivity index (χ4n) is 12.2. The predicted octanol–water partition coefficient (Wildman–Crippen LogP) is 16.6. The molecule has 2 aliphatic carbocycles. The number of hydrogen-bond donors (Lipinski definition) is 3. The number of hydrogen-bond acceptors (Lipinski definition) is 4. The highest BCUT2D eigenvalue weighted by Crippen LogP contribution is 2.59. The van der Waals surface area contributed by atoms with Gasteiger partial charge in [0.1, 0.15) is 17.4 Å². The molecule has 7 heteroatoms. The van der Waals surface area contributed by atoms with E-state index < -0.39 is 22.7 Å². The molecule has 8 aromatic rings. The Balaban J connectivity index is 0.880. The van der Waals surface area contributed by atoms with E-state index >= 15 is 8.78 Å². The molecule has 73 heavy (non-hydrogen) atoms. The van der Waals surface area contributed by atoms with Crippen LogP contribution in [0.3, 0.4) is 0 Å². The highest BCUT2D eigenvalue weighted by Gasteiger charge is 2.46. The number of amides is 1. The van der Waals surface area contributed by atoms with E-state index in [-0.39, 0.29) is 12.5 Å². The fraction of sp³-hybridized carbons (Fsp3) is 0.258. The highest BCUT2D eigenvalue weighted by molar-refractivity contribution is 6.10. The van der Waals surface area contributed by atoms with Crippen molar-refractivity contribution in [2.75, 3.05) is 23.8 Å². The first kappa shape index (κ1) is 47.9. The molecule has 8 aromatic carbocycles. The third-order valence-corrected chi connectivity index (χ3v) is 15.9. The first-order valence-corrected chi connectivity index (χ1v) is 26.2. The van der Waals surface area contributed by atoms with Crippen LogP contribution in [0, 0.1) is 17.6 Å². The van der Waals surface area contributed by atoms with Crippen molar-refractivity contribution < 1.29 is 23.4 Å². The summed E-state index contributed by atoms with van der Waals surface area (Å²) in [5.41, 5.74) is 11.0. The first-order chi connectivity index (χ1) is 35.5. The normalized spacial score (nSPS) is 18.4. The van der Waals surface area contributed by atoms with E-state index in [1.165, 1.54) is 63.0 Å². The Labute approximate surface area is 428 Å². The molecule has 1 aliphatic heterocycles. The van der Waals surface area contributed by atoms with Gasteiger partial charge in [0.15, 0.2) is 5.60 Å². The number of aliphatic hydroxyl groups excluding tert-OH is 1. The molecule has 0 saturated heterocycles. The Hall–Kier alpha value is -7.35. The fourth-order valence-corrected chi connectivity index (χ4v) is 12.2. The van der Waals surface area contributed by atoms with Crippen LogP contribution >= 0.6 is 0 Å². The summed E-state index contributed by atoms with van der Waals surface area (Å²) in [5.74, 6) is 0.744. The molecule has 368 valence electrons. The van der Waals surface area contributed by atoms with E-state index in [1.54, 1.807) is 0 Å². The standard InChI is InChI=1S/C66H62F2N2O3/c1-4-5-7-11-42-12-10-13-48(38-42)45-18-16-43(17-19-45)44-20-22-47(23-21-44)64(72)70-54-29-24-46(25-30-54)49-26-33-55-57(39-49)60-58-40-52(67)41-59(68)61(58)65(2,3)62(60)56-34-35-66(73-63(55)56,50-14-8-6-9-15-50)51-27-31-53(32-28-51)69-36-37-71/h6,8-9,14-35,39-42,48,69,71H,4-5,7,10-13,36-38H2,1-3H3,(H,70,72). The average molecular weight is 969 g/mol. The van der Waals surface area contributed by atoms with E-state index in [1.807, 2.05) is 105 Å². The van der Waals surface area contributed by atoms with Gasteiger partial charge in [0.25, 0.3) is 5.91 Å². The van der Waals surface area contributed by atoms with Crippen LogP contribution < -0.4 is 15.4 Å². The minimum Gasteiger partial charge on any atom is -0.472 e. The van der Waals surface area contributed by atoms with E-state index in [2.05, 4.69) is 84.3 Å². The molecule has 0 radical (unpaired) electrons. The summed E-state index contributed by atoms with van der Waals surface area (Å²) >= 11 is 0. The maximum Gasteiger partial charge on any atom is 0.255 e. The van der Waals surface area contributed by atoms with Crippen LogP contribution in [0.5, 0.6) is 5.75 Å². The van der Waals surface area contributed by atoms with Gasteiger partial charge in [-0.1, -0.05) is 162 Å². The zero-order valence-corrected chi connectivity index (χ0v) is 41.9. The van der Waals surface area contributed by atoms with Crippen LogP contribution in [0.1, 0.15) is 122 Å². The molecule has 1 amide bonds. The summed E-state index contributed by atoms with van der Waals surface area (Å²) in [6.07, 6.45) is 14.8. The van der Waals surface area contributed by atoms with Crippen LogP contribution in [0.4, 0.5) is 20.2 Å². The number of unbranched alkanes of at least 4 members (excludes halogenated alkanes) is 2. The number of carbonyl (C=O) groups excluding carboxylic acids is 1. The number of nitrogens with one attached hydrogen (secondary N) is 2. The van der Waals surface area contributed by atoms with E-state index in [4.69, 9.17) is 4.74 Å². The van der Waals surface area contributed by atoms with Crippen molar-refractivity contribution in [1.82, 2.24) is 0 Å². The Morgan fingerprint density at radius 1 is 0.712 bits per heavy atom. The summed E-state index contributed by atoms with van der Waals surface area (Å²) in [6.45, 7) is 6.73. The monoisotopic (exact) mass is 968 g/mol. The summed E-state index contributed by atoms with van der Waals surface area (Å²) < 4.78 is 38.9. The Bertz CT molecular complexity index is 3350. The second-order valence-corrected chi connectivity index (χ2v) is 20.9. The number of rotatable bonds is 14. The molecule has 1 heterocycles. The van der Waals surface area contributed by atoms with E-state index in [9.17, 15) is 9.90 Å². The van der Waals surface area contributed by atoms with Crippen molar-refractivity contribution in [1.29, 1.82) is 0 Å². The summed E-state index contributed by atoms with van der Waals surface area (Å²) in [4.78, 5) is 13.6. The summed E-state index contributed by atoms with van der Waals surface area (Å²) in [7, 11) is 0. The quantitative estimate of drug-likeness (QED) is 0.0950. The topological polar surface area (TPSA) is 70.6 Å². The number of anilines is 2. The van der Waals surface area contributed by atoms with E-state index in [0.717, 1.165) is 78.5 Å². The molecule has 3 unspecified atom stereocenters. The zero-order valence-electron chi connectivity index (χ0n) is 41.9. The second kappa shape index (κ2) is 19.9. The lowest BCUT2D eigenvalue weighted by Crippen LogP contribution is -2.35. The maximum absolute atomic E-state index is 16.2. The smallest absolute Gasteiger partial charge is 0.255 e. The molecule has 1 saturated carbocycles. The summed E-state index contributed by atoms with van der Waals surface area (Å²) in [6, 6.07) is 51.4. The molecule has 5 nitrogen and oxygen atoms in total. The Kier molecular flexibility index (Phi) is 13.1. The van der Waals surface area contributed by atoms with Crippen LogP contribution in [-0.4, -0.2) is 24.2 Å². The van der Waals surface area contributed by atoms with E-state index in [0.29, 0.717) is 40.6 Å². The molecular weight excluding hydrogens is 907 g/mol. The molecule has 3 atom stereocenters. The molecule has 0 spiro atoms. The van der Waals surface area contributed by atoms with Gasteiger partial charge in [0.05, 0.1) is 6.61 Å². The van der Waals surface area contributed by atoms with Gasteiger partial charge in [0, 0.05) is 62.6 Å². The largest absolute Gasteiger partial charge is 0.472 e. The third kappa shape index (κ3) is 9.03. The molecule has 3 aliphatic rings. The van der Waals surface area contributed by atoms with Crippen molar-refractivity contribution in [2.45, 2.75) is 89.1 Å². The minimum absolute atomic E-state index is 0.0176. The SMILES string of the molecule is CCCCCC1CCCC(c2ccc(-c3ccc(C(=O)Nc4ccc(-c5ccc6c7c(c8c(c6c5)-c5cc(F)cc(F)c5C8(C)C)C=CC(c5ccccc5)(c5ccc(NCCO)cc5)O7)cc4)cc3)cc2)C1. The zero-order chi connectivity index (χ0) is 50.3. The third-order valence-electron chi connectivity index (χ3n) is 15.9. The first-order valence-electron chi connectivity index (χ1n) is 26.2. The van der Waals surface area contributed by atoms with Crippen molar-refractivity contribution in [3.63, 3.8) is 0 Å². The highest BCUT2D eigenvalue weighted by atomic mass is 19.1. The molecule has 11 rings (SSSR count). The second-order valence-electron chi connectivity index (χ2n) is 20.9. The van der Waals surface area contributed by atoms with Gasteiger partial charge in [-0.25, -0.2) is 8.78 Å². The number of carbonyl (C=O) groups is 1. The molecular formula is C66H62F2N2O3. The van der Waals surface area contributed by atoms with Gasteiger partial charge in [-0.2, -0.15) is 0 Å². The van der Waals surface area contributed by atoms with Crippen molar-refractivity contribution >= 4 is 34.1 Å². The predicted molar refractivity (Wildman–Crippen MR) is 294 cm³/mol. The van der Waals surface area contributed by atoms with Gasteiger partial charge < -0.3 is 20.5 Å². The van der Waals surface area contributed by atoms with Crippen LogP contribution in [0.25, 0.3) is 50.2 Å². The molecule has 0 bridgehead atoms. The van der Waals surface area contributed by atoms with Gasteiger partial charge in [-0.15, -0.1) is 0 Å². The Morgan fingerprint density at radius 3 is 2.11 bits per heavy atom.